The van der Waals surface area contributed by atoms with Crippen LogP contribution in [0.15, 0.2) is 6.07 Å². The lowest BCUT2D eigenvalue weighted by Crippen LogP contribution is -2.53. The van der Waals surface area contributed by atoms with E-state index >= 15 is 4.39 Å². The minimum Gasteiger partial charge on any atom is -0.492 e. The van der Waals surface area contributed by atoms with Crippen LogP contribution in [-0.4, -0.2) is 55.0 Å². The second-order valence-electron chi connectivity index (χ2n) is 7.81. The molecule has 1 saturated heterocycles. The van der Waals surface area contributed by atoms with Crippen LogP contribution in [0.1, 0.15) is 30.1 Å². The number of hydrogen-bond donors (Lipinski definition) is 2. The molecule has 3 atom stereocenters. The van der Waals surface area contributed by atoms with Gasteiger partial charge in [0.2, 0.25) is 11.6 Å². The zero-order chi connectivity index (χ0) is 20.3. The second kappa shape index (κ2) is 7.46. The van der Waals surface area contributed by atoms with Crippen molar-refractivity contribution in [1.82, 2.24) is 0 Å². The number of fused-ring (bicyclic) bond motifs is 1. The number of ketones is 2. The maximum absolute atomic E-state index is 15.0. The lowest BCUT2D eigenvalue weighted by molar-refractivity contribution is -0.116. The van der Waals surface area contributed by atoms with E-state index in [0.29, 0.717) is 25.9 Å². The molecule has 29 heavy (non-hydrogen) atoms. The molecule has 1 aromatic carbocycles. The van der Waals surface area contributed by atoms with E-state index < -0.39 is 29.5 Å². The van der Waals surface area contributed by atoms with Crippen LogP contribution in [0.2, 0.25) is 0 Å². The van der Waals surface area contributed by atoms with Gasteiger partial charge in [-0.25, -0.2) is 9.18 Å². The lowest BCUT2D eigenvalue weighted by atomic mass is 9.89. The van der Waals surface area contributed by atoms with Gasteiger partial charge in [0.25, 0.3) is 0 Å². The predicted octanol–water partition coefficient (Wildman–Crippen LogP) is 2.07. The van der Waals surface area contributed by atoms with Crippen molar-refractivity contribution in [3.63, 3.8) is 0 Å². The molecule has 8 nitrogen and oxygen atoms in total. The Labute approximate surface area is 173 Å². The molecule has 2 fully saturated rings. The zero-order valence-corrected chi connectivity index (χ0v) is 16.9. The van der Waals surface area contributed by atoms with Gasteiger partial charge >= 0.3 is 6.09 Å². The standard InChI is InChI=1S/C19H22FN3O5.ClH/c1-8-6-22(7-12(8)21)15-11(20)5-10-14(18(15)28-2)23(19(26)27)13(9-3-4-9)17(25)16(10)24;/h5,8-9,12-13H,3-4,6-7,21H2,1-2H3,(H,26,27);1H/t8-,12+,13?;/m0./s1. The molecule has 1 aromatic rings. The molecule has 0 radical (unpaired) electrons. The molecule has 3 aliphatic rings. The van der Waals surface area contributed by atoms with Crippen molar-refractivity contribution in [3.05, 3.63) is 17.4 Å². The summed E-state index contributed by atoms with van der Waals surface area (Å²) in [6.45, 7) is 2.79. The summed E-state index contributed by atoms with van der Waals surface area (Å²) in [7, 11) is 1.30. The first-order chi connectivity index (χ1) is 13.3. The molecule has 1 unspecified atom stereocenters. The first-order valence-electron chi connectivity index (χ1n) is 9.28. The van der Waals surface area contributed by atoms with Crippen molar-refractivity contribution in [2.24, 2.45) is 17.6 Å². The van der Waals surface area contributed by atoms with Crippen molar-refractivity contribution in [2.45, 2.75) is 31.8 Å². The monoisotopic (exact) mass is 427 g/mol. The number of halogens is 2. The number of rotatable bonds is 3. The van der Waals surface area contributed by atoms with E-state index in [2.05, 4.69) is 0 Å². The summed E-state index contributed by atoms with van der Waals surface area (Å²) >= 11 is 0. The molecule has 4 rings (SSSR count). The fraction of sp³-hybridized carbons (Fsp3) is 0.526. The summed E-state index contributed by atoms with van der Waals surface area (Å²) in [4.78, 5) is 39.9. The van der Waals surface area contributed by atoms with Crippen molar-refractivity contribution < 1.29 is 28.6 Å². The normalized spacial score (nSPS) is 26.3. The van der Waals surface area contributed by atoms with E-state index in [1.165, 1.54) is 7.11 Å². The Bertz CT molecular complexity index is 881. The number of hydrogen-bond acceptors (Lipinski definition) is 6. The summed E-state index contributed by atoms with van der Waals surface area (Å²) in [5.74, 6) is -2.58. The number of nitrogens with two attached hydrogens (primary N) is 1. The maximum atomic E-state index is 15.0. The van der Waals surface area contributed by atoms with Gasteiger partial charge in [0.05, 0.1) is 12.7 Å². The number of carbonyl (C=O) groups excluding carboxylic acids is 2. The molecule has 3 N–H and O–H groups in total. The molecule has 1 amide bonds. The van der Waals surface area contributed by atoms with Gasteiger partial charge in [0.15, 0.2) is 11.6 Å². The summed E-state index contributed by atoms with van der Waals surface area (Å²) in [6.07, 6.45) is -0.0451. The van der Waals surface area contributed by atoms with Gasteiger partial charge < -0.3 is 20.5 Å². The Morgan fingerprint density at radius 1 is 1.28 bits per heavy atom. The minimum atomic E-state index is -1.37. The van der Waals surface area contributed by atoms with E-state index in [9.17, 15) is 19.5 Å². The number of anilines is 2. The third-order valence-electron chi connectivity index (χ3n) is 5.90. The van der Waals surface area contributed by atoms with Gasteiger partial charge in [-0.3, -0.25) is 14.5 Å². The summed E-state index contributed by atoms with van der Waals surface area (Å²) < 4.78 is 20.5. The van der Waals surface area contributed by atoms with E-state index in [-0.39, 0.29) is 53.0 Å². The highest BCUT2D eigenvalue weighted by atomic mass is 35.5. The number of carbonyl (C=O) groups is 3. The molecule has 10 heteroatoms. The Morgan fingerprint density at radius 3 is 2.41 bits per heavy atom. The fourth-order valence-corrected chi connectivity index (χ4v) is 4.26. The van der Waals surface area contributed by atoms with Crippen LogP contribution >= 0.6 is 12.4 Å². The van der Waals surface area contributed by atoms with Crippen LogP contribution < -0.4 is 20.3 Å². The van der Waals surface area contributed by atoms with E-state index in [0.717, 1.165) is 11.0 Å². The molecule has 2 aliphatic heterocycles. The Balaban J connectivity index is 0.00000240. The highest BCUT2D eigenvalue weighted by Gasteiger charge is 2.51. The highest BCUT2D eigenvalue weighted by molar-refractivity contribution is 6.49. The van der Waals surface area contributed by atoms with E-state index in [1.807, 2.05) is 6.92 Å². The fourth-order valence-electron chi connectivity index (χ4n) is 4.26. The number of ether oxygens (including phenoxy) is 1. The predicted molar refractivity (Wildman–Crippen MR) is 106 cm³/mol. The quantitative estimate of drug-likeness (QED) is 0.710. The van der Waals surface area contributed by atoms with Gasteiger partial charge in [0.1, 0.15) is 17.4 Å². The number of Topliss-reactive ketones (excluding diaryl/α,β-unsaturated/α-hetero) is 2. The van der Waals surface area contributed by atoms with E-state index in [1.54, 1.807) is 4.90 Å². The third kappa shape index (κ3) is 3.22. The number of nitrogens with zero attached hydrogens (tertiary/aromatic N) is 2. The van der Waals surface area contributed by atoms with Gasteiger partial charge in [-0.05, 0) is 30.7 Å². The molecule has 0 aromatic heterocycles. The first-order valence-corrected chi connectivity index (χ1v) is 9.28. The average Bonchev–Trinajstić information content (AvgIpc) is 3.42. The first kappa shape index (κ1) is 21.3. The van der Waals surface area contributed by atoms with Crippen molar-refractivity contribution >= 4 is 41.4 Å². The topological polar surface area (TPSA) is 113 Å². The average molecular weight is 428 g/mol. The Morgan fingerprint density at radius 2 is 1.93 bits per heavy atom. The molecular weight excluding hydrogens is 405 g/mol. The molecule has 1 aliphatic carbocycles. The number of amides is 1. The zero-order valence-electron chi connectivity index (χ0n) is 16.1. The van der Waals surface area contributed by atoms with E-state index in [4.69, 9.17) is 10.5 Å². The Hall–Kier alpha value is -2.39. The minimum absolute atomic E-state index is 0. The number of methoxy groups -OCH3 is 1. The molecule has 1 saturated carbocycles. The van der Waals surface area contributed by atoms with Crippen LogP contribution in [0.3, 0.4) is 0 Å². The molecule has 158 valence electrons. The van der Waals surface area contributed by atoms with Crippen molar-refractivity contribution in [3.8, 4) is 5.75 Å². The van der Waals surface area contributed by atoms with Crippen LogP contribution in [0.4, 0.5) is 20.6 Å². The maximum Gasteiger partial charge on any atom is 0.412 e. The Kier molecular flexibility index (Phi) is 5.48. The molecular formula is C19H23ClFN3O5. The van der Waals surface area contributed by atoms with Crippen LogP contribution in [-0.2, 0) is 4.79 Å². The molecule has 0 bridgehead atoms. The van der Waals surface area contributed by atoms with Crippen LogP contribution in [0.5, 0.6) is 5.75 Å². The highest BCUT2D eigenvalue weighted by Crippen LogP contribution is 2.49. The summed E-state index contributed by atoms with van der Waals surface area (Å²) in [5, 5.41) is 9.85. The third-order valence-corrected chi connectivity index (χ3v) is 5.90. The van der Waals surface area contributed by atoms with Crippen molar-refractivity contribution in [2.75, 3.05) is 30.0 Å². The molecule has 0 spiro atoms. The number of benzene rings is 1. The van der Waals surface area contributed by atoms with Crippen LogP contribution in [0, 0.1) is 17.7 Å². The largest absolute Gasteiger partial charge is 0.492 e. The smallest absolute Gasteiger partial charge is 0.412 e. The number of carboxylic acid groups (broad SMARTS) is 1. The second-order valence-corrected chi connectivity index (χ2v) is 7.81. The van der Waals surface area contributed by atoms with Crippen molar-refractivity contribution in [1.29, 1.82) is 0 Å². The molecule has 2 heterocycles. The van der Waals surface area contributed by atoms with Gasteiger partial charge in [-0.1, -0.05) is 6.92 Å². The van der Waals surface area contributed by atoms with Gasteiger partial charge in [0, 0.05) is 19.1 Å². The van der Waals surface area contributed by atoms with Crippen LogP contribution in [0.25, 0.3) is 0 Å². The van der Waals surface area contributed by atoms with Gasteiger partial charge in [-0.15, -0.1) is 12.4 Å². The summed E-state index contributed by atoms with van der Waals surface area (Å²) in [6, 6.07) is -0.316. The lowest BCUT2D eigenvalue weighted by Gasteiger charge is -2.36. The summed E-state index contributed by atoms with van der Waals surface area (Å²) in [5.41, 5.74) is 5.80. The SMILES string of the molecule is COc1c(N2C[C@@H](N)[C@@H](C)C2)c(F)cc2c1N(C(=O)O)C(C1CC1)C(=O)C2=O.Cl. The van der Waals surface area contributed by atoms with Gasteiger partial charge in [-0.2, -0.15) is 0 Å².